The van der Waals surface area contributed by atoms with Crippen LogP contribution in [0, 0.1) is 0 Å². The molecule has 0 aliphatic rings. The fourth-order valence-electron chi connectivity index (χ4n) is 1.66. The summed E-state index contributed by atoms with van der Waals surface area (Å²) in [6, 6.07) is 7.46. The number of nitrogens with zero attached hydrogens (tertiary/aromatic N) is 2. The second kappa shape index (κ2) is 7.81. The van der Waals surface area contributed by atoms with Crippen LogP contribution in [-0.4, -0.2) is 45.6 Å². The predicted octanol–water partition coefficient (Wildman–Crippen LogP) is 1.48. The number of rotatable bonds is 7. The number of carbonyl (C=O) groups is 1. The van der Waals surface area contributed by atoms with Crippen LogP contribution >= 0.6 is 11.8 Å². The molecule has 0 fully saturated rings. The van der Waals surface area contributed by atoms with Gasteiger partial charge >= 0.3 is 0 Å². The summed E-state index contributed by atoms with van der Waals surface area (Å²) in [6.45, 7) is 0.801. The molecule has 106 valence electrons. The zero-order valence-corrected chi connectivity index (χ0v) is 11.9. The highest BCUT2D eigenvalue weighted by Crippen LogP contribution is 2.08. The first-order chi connectivity index (χ1) is 9.81. The van der Waals surface area contributed by atoms with Crippen LogP contribution in [0.2, 0.25) is 0 Å². The lowest BCUT2D eigenvalue weighted by atomic mass is 10.3. The normalized spacial score (nSPS) is 10.7. The molecule has 1 aromatic carbocycles. The van der Waals surface area contributed by atoms with Gasteiger partial charge in [-0.25, -0.2) is 4.98 Å². The summed E-state index contributed by atoms with van der Waals surface area (Å²) in [7, 11) is 0. The summed E-state index contributed by atoms with van der Waals surface area (Å²) in [5, 5.41) is 11.5. The number of carbonyl (C=O) groups excluding carboxylic acids is 1. The van der Waals surface area contributed by atoms with E-state index in [2.05, 4.69) is 15.3 Å². The lowest BCUT2D eigenvalue weighted by molar-refractivity contribution is 0.0951. The van der Waals surface area contributed by atoms with Crippen LogP contribution in [0.15, 0.2) is 30.5 Å². The van der Waals surface area contributed by atoms with Crippen LogP contribution in [0.3, 0.4) is 0 Å². The van der Waals surface area contributed by atoms with E-state index < -0.39 is 0 Å². The van der Waals surface area contributed by atoms with Gasteiger partial charge in [0.25, 0.3) is 5.91 Å². The first-order valence-electron chi connectivity index (χ1n) is 6.50. The van der Waals surface area contributed by atoms with E-state index >= 15 is 0 Å². The third kappa shape index (κ3) is 4.18. The third-order valence-electron chi connectivity index (χ3n) is 2.66. The number of aliphatic hydroxyl groups is 1. The zero-order chi connectivity index (χ0) is 14.2. The number of hydrogen-bond acceptors (Lipinski definition) is 5. The number of hydrogen-bond donors (Lipinski definition) is 2. The molecule has 0 unspecified atom stereocenters. The number of thioether (sulfide) groups is 1. The third-order valence-corrected chi connectivity index (χ3v) is 3.73. The molecule has 0 bridgehead atoms. The Labute approximate surface area is 121 Å². The van der Waals surface area contributed by atoms with E-state index in [9.17, 15) is 4.79 Å². The number of benzene rings is 1. The van der Waals surface area contributed by atoms with Gasteiger partial charge in [-0.05, 0) is 24.3 Å². The van der Waals surface area contributed by atoms with Crippen LogP contribution in [0.4, 0.5) is 0 Å². The van der Waals surface area contributed by atoms with E-state index in [4.69, 9.17) is 5.11 Å². The SMILES string of the molecule is O=C(NCCSCCCO)c1cnc2ccccc2n1. The molecule has 0 atom stereocenters. The number of aromatic nitrogens is 2. The fourth-order valence-corrected chi connectivity index (χ4v) is 2.45. The van der Waals surface area contributed by atoms with Crippen molar-refractivity contribution in [2.75, 3.05) is 24.7 Å². The van der Waals surface area contributed by atoms with Crippen molar-refractivity contribution in [3.05, 3.63) is 36.2 Å². The highest BCUT2D eigenvalue weighted by molar-refractivity contribution is 7.99. The van der Waals surface area contributed by atoms with Gasteiger partial charge in [-0.15, -0.1) is 0 Å². The lowest BCUT2D eigenvalue weighted by Gasteiger charge is -2.05. The van der Waals surface area contributed by atoms with Gasteiger partial charge in [0.15, 0.2) is 0 Å². The van der Waals surface area contributed by atoms with E-state index in [0.717, 1.165) is 29.0 Å². The Morgan fingerprint density at radius 1 is 1.25 bits per heavy atom. The Hall–Kier alpha value is -1.66. The van der Waals surface area contributed by atoms with Crippen molar-refractivity contribution < 1.29 is 9.90 Å². The maximum Gasteiger partial charge on any atom is 0.271 e. The van der Waals surface area contributed by atoms with Gasteiger partial charge in [-0.2, -0.15) is 11.8 Å². The molecule has 0 spiro atoms. The van der Waals surface area contributed by atoms with Gasteiger partial charge in [0, 0.05) is 18.9 Å². The van der Waals surface area contributed by atoms with Crippen molar-refractivity contribution >= 4 is 28.7 Å². The molecule has 0 radical (unpaired) electrons. The highest BCUT2D eigenvalue weighted by Gasteiger charge is 2.08. The minimum Gasteiger partial charge on any atom is -0.396 e. The molecule has 2 N–H and O–H groups in total. The minimum absolute atomic E-state index is 0.203. The fraction of sp³-hybridized carbons (Fsp3) is 0.357. The zero-order valence-electron chi connectivity index (χ0n) is 11.1. The molecule has 0 saturated heterocycles. The quantitative estimate of drug-likeness (QED) is 0.756. The van der Waals surface area contributed by atoms with Gasteiger partial charge in [-0.3, -0.25) is 9.78 Å². The molecule has 1 amide bonds. The molecule has 5 nitrogen and oxygen atoms in total. The van der Waals surface area contributed by atoms with E-state index in [0.29, 0.717) is 12.2 Å². The average molecular weight is 291 g/mol. The van der Waals surface area contributed by atoms with Gasteiger partial charge in [0.05, 0.1) is 17.2 Å². The van der Waals surface area contributed by atoms with Crippen LogP contribution < -0.4 is 5.32 Å². The van der Waals surface area contributed by atoms with Crippen molar-refractivity contribution in [3.63, 3.8) is 0 Å². The molecular formula is C14H17N3O2S. The van der Waals surface area contributed by atoms with Gasteiger partial charge in [0.2, 0.25) is 0 Å². The molecule has 0 aliphatic heterocycles. The second-order valence-electron chi connectivity index (χ2n) is 4.19. The number of para-hydroxylation sites is 2. The van der Waals surface area contributed by atoms with Crippen molar-refractivity contribution in [2.45, 2.75) is 6.42 Å². The monoisotopic (exact) mass is 291 g/mol. The Kier molecular flexibility index (Phi) is 5.76. The summed E-state index contributed by atoms with van der Waals surface area (Å²) in [5.74, 6) is 1.53. The Bertz CT molecular complexity index is 577. The number of aliphatic hydroxyl groups excluding tert-OH is 1. The van der Waals surface area contributed by atoms with Crippen LogP contribution in [-0.2, 0) is 0 Å². The summed E-state index contributed by atoms with van der Waals surface area (Å²) in [5.41, 5.74) is 1.84. The molecule has 0 saturated carbocycles. The molecule has 1 aromatic heterocycles. The summed E-state index contributed by atoms with van der Waals surface area (Å²) >= 11 is 1.71. The summed E-state index contributed by atoms with van der Waals surface area (Å²) in [4.78, 5) is 20.4. The van der Waals surface area contributed by atoms with Gasteiger partial charge < -0.3 is 10.4 Å². The van der Waals surface area contributed by atoms with Crippen LogP contribution in [0.1, 0.15) is 16.9 Å². The Morgan fingerprint density at radius 3 is 2.85 bits per heavy atom. The van der Waals surface area contributed by atoms with E-state index in [1.54, 1.807) is 11.8 Å². The molecule has 0 aliphatic carbocycles. The average Bonchev–Trinajstić information content (AvgIpc) is 2.50. The standard InChI is InChI=1S/C14H17N3O2S/c18-7-3-8-20-9-6-15-14(19)13-10-16-11-4-1-2-5-12(11)17-13/h1-2,4-5,10,18H,3,6-9H2,(H,15,19). The van der Waals surface area contributed by atoms with Gasteiger partial charge in [-0.1, -0.05) is 12.1 Å². The summed E-state index contributed by atoms with van der Waals surface area (Å²) < 4.78 is 0. The van der Waals surface area contributed by atoms with Crippen LogP contribution in [0.25, 0.3) is 11.0 Å². The molecule has 6 heteroatoms. The number of fused-ring (bicyclic) bond motifs is 1. The van der Waals surface area contributed by atoms with E-state index in [1.807, 2.05) is 24.3 Å². The Morgan fingerprint density at radius 2 is 2.05 bits per heavy atom. The maximum absolute atomic E-state index is 11.9. The number of amides is 1. The largest absolute Gasteiger partial charge is 0.396 e. The minimum atomic E-state index is -0.203. The summed E-state index contributed by atoms with van der Waals surface area (Å²) in [6.07, 6.45) is 2.28. The smallest absolute Gasteiger partial charge is 0.271 e. The van der Waals surface area contributed by atoms with E-state index in [-0.39, 0.29) is 12.5 Å². The molecule has 2 rings (SSSR count). The molecular weight excluding hydrogens is 274 g/mol. The predicted molar refractivity (Wildman–Crippen MR) is 80.9 cm³/mol. The lowest BCUT2D eigenvalue weighted by Crippen LogP contribution is -2.26. The molecule has 2 aromatic rings. The second-order valence-corrected chi connectivity index (χ2v) is 5.41. The van der Waals surface area contributed by atoms with Crippen LogP contribution in [0.5, 0.6) is 0 Å². The van der Waals surface area contributed by atoms with Crippen molar-refractivity contribution in [3.8, 4) is 0 Å². The first kappa shape index (κ1) is 14.7. The molecule has 20 heavy (non-hydrogen) atoms. The highest BCUT2D eigenvalue weighted by atomic mass is 32.2. The number of nitrogens with one attached hydrogen (secondary N) is 1. The first-order valence-corrected chi connectivity index (χ1v) is 7.65. The molecule has 1 heterocycles. The van der Waals surface area contributed by atoms with Crippen molar-refractivity contribution in [1.29, 1.82) is 0 Å². The topological polar surface area (TPSA) is 75.1 Å². The Balaban J connectivity index is 1.84. The maximum atomic E-state index is 11.9. The van der Waals surface area contributed by atoms with E-state index in [1.165, 1.54) is 6.20 Å². The van der Waals surface area contributed by atoms with Crippen molar-refractivity contribution in [2.24, 2.45) is 0 Å². The van der Waals surface area contributed by atoms with Gasteiger partial charge in [0.1, 0.15) is 5.69 Å². The van der Waals surface area contributed by atoms with Crippen molar-refractivity contribution in [1.82, 2.24) is 15.3 Å².